The van der Waals surface area contributed by atoms with E-state index in [9.17, 15) is 0 Å². The van der Waals surface area contributed by atoms with Crippen LogP contribution in [0.4, 0.5) is 5.69 Å². The number of hydrogen-bond donors (Lipinski definition) is 1. The minimum absolute atomic E-state index is 0.226. The smallest absolute Gasteiger partial charge is 0.118 e. The third-order valence-corrected chi connectivity index (χ3v) is 8.05. The van der Waals surface area contributed by atoms with Gasteiger partial charge in [0.1, 0.15) is 5.75 Å². The van der Waals surface area contributed by atoms with Crippen LogP contribution in [0.25, 0.3) is 0 Å². The van der Waals surface area contributed by atoms with Crippen molar-refractivity contribution in [3.63, 3.8) is 0 Å². The highest BCUT2D eigenvalue weighted by Gasteiger charge is 2.48. The van der Waals surface area contributed by atoms with Gasteiger partial charge in [-0.05, 0) is 73.4 Å². The Balaban J connectivity index is 1.56. The molecule has 2 aromatic carbocycles. The Morgan fingerprint density at radius 1 is 1.07 bits per heavy atom. The zero-order valence-electron chi connectivity index (χ0n) is 17.1. The fourth-order valence-electron chi connectivity index (χ4n) is 5.12. The summed E-state index contributed by atoms with van der Waals surface area (Å²) in [4.78, 5) is 1.34. The van der Waals surface area contributed by atoms with Gasteiger partial charge in [0.15, 0.2) is 0 Å². The molecule has 1 aliphatic carbocycles. The molecule has 4 rings (SSSR count). The lowest BCUT2D eigenvalue weighted by molar-refractivity contribution is 0.186. The lowest BCUT2D eigenvalue weighted by atomic mass is 9.61. The second-order valence-corrected chi connectivity index (χ2v) is 10.8. The standard InChI is InChI=1S/C24H31NOS/c1-16-6-11-21-20(14-16)23(2,3)19-12-13-24(4,15-22(19)25-21)27-18-9-7-17(26-5)8-10-18/h6-11,14,19,22,25H,12-13,15H2,1-5H3/t19-,22+,24+/m1/s1. The van der Waals surface area contributed by atoms with Gasteiger partial charge in [-0.25, -0.2) is 0 Å². The number of methoxy groups -OCH3 is 1. The van der Waals surface area contributed by atoms with Crippen LogP contribution in [0.5, 0.6) is 5.75 Å². The number of aryl methyl sites for hydroxylation is 1. The summed E-state index contributed by atoms with van der Waals surface area (Å²) in [5.41, 5.74) is 4.42. The van der Waals surface area contributed by atoms with E-state index in [1.54, 1.807) is 7.11 Å². The van der Waals surface area contributed by atoms with E-state index in [0.717, 1.165) is 5.75 Å². The van der Waals surface area contributed by atoms with Crippen LogP contribution < -0.4 is 10.1 Å². The maximum absolute atomic E-state index is 5.30. The Morgan fingerprint density at radius 3 is 2.52 bits per heavy atom. The zero-order valence-corrected chi connectivity index (χ0v) is 18.0. The molecule has 0 amide bonds. The van der Waals surface area contributed by atoms with Gasteiger partial charge in [-0.2, -0.15) is 0 Å². The summed E-state index contributed by atoms with van der Waals surface area (Å²) in [5.74, 6) is 1.62. The van der Waals surface area contributed by atoms with Gasteiger partial charge in [-0.15, -0.1) is 11.8 Å². The summed E-state index contributed by atoms with van der Waals surface area (Å²) in [7, 11) is 1.72. The van der Waals surface area contributed by atoms with Gasteiger partial charge in [-0.1, -0.05) is 38.5 Å². The molecular formula is C24H31NOS. The molecule has 0 radical (unpaired) electrons. The molecule has 1 saturated carbocycles. The van der Waals surface area contributed by atoms with Crippen molar-refractivity contribution in [2.45, 2.75) is 68.1 Å². The molecule has 2 aliphatic rings. The van der Waals surface area contributed by atoms with Crippen LogP contribution >= 0.6 is 11.8 Å². The summed E-state index contributed by atoms with van der Waals surface area (Å²) in [6.07, 6.45) is 3.74. The molecule has 27 heavy (non-hydrogen) atoms. The van der Waals surface area contributed by atoms with Gasteiger partial charge >= 0.3 is 0 Å². The summed E-state index contributed by atoms with van der Waals surface area (Å²) < 4.78 is 5.57. The van der Waals surface area contributed by atoms with Crippen LogP contribution in [0.15, 0.2) is 47.4 Å². The normalized spacial score (nSPS) is 28.6. The SMILES string of the molecule is COc1ccc(S[C@@]2(C)CC[C@@H]3[C@H](C2)Nc2ccc(C)cc2C3(C)C)cc1. The fraction of sp³-hybridized carbons (Fsp3) is 0.500. The average molecular weight is 382 g/mol. The van der Waals surface area contributed by atoms with E-state index < -0.39 is 0 Å². The van der Waals surface area contributed by atoms with E-state index in [1.807, 2.05) is 11.8 Å². The molecule has 144 valence electrons. The van der Waals surface area contributed by atoms with Crippen molar-refractivity contribution in [1.29, 1.82) is 0 Å². The number of ether oxygens (including phenoxy) is 1. The first kappa shape index (κ1) is 18.7. The number of nitrogens with one attached hydrogen (secondary N) is 1. The van der Waals surface area contributed by atoms with E-state index in [1.165, 1.54) is 41.0 Å². The lowest BCUT2D eigenvalue weighted by Crippen LogP contribution is -2.52. The minimum atomic E-state index is 0.226. The Bertz CT molecular complexity index is 829. The highest BCUT2D eigenvalue weighted by molar-refractivity contribution is 8.00. The zero-order chi connectivity index (χ0) is 19.2. The van der Waals surface area contributed by atoms with Crippen molar-refractivity contribution < 1.29 is 4.74 Å². The average Bonchev–Trinajstić information content (AvgIpc) is 2.63. The van der Waals surface area contributed by atoms with Gasteiger partial charge in [-0.3, -0.25) is 0 Å². The number of hydrogen-bond acceptors (Lipinski definition) is 3. The molecule has 1 fully saturated rings. The quantitative estimate of drug-likeness (QED) is 0.662. The van der Waals surface area contributed by atoms with Crippen molar-refractivity contribution in [3.05, 3.63) is 53.6 Å². The third kappa shape index (κ3) is 3.47. The number of rotatable bonds is 3. The first-order valence-electron chi connectivity index (χ1n) is 10.0. The molecule has 0 bridgehead atoms. The number of benzene rings is 2. The summed E-state index contributed by atoms with van der Waals surface area (Å²) >= 11 is 2.03. The predicted molar refractivity (Wildman–Crippen MR) is 116 cm³/mol. The molecule has 2 aromatic rings. The van der Waals surface area contributed by atoms with Crippen LogP contribution in [0.2, 0.25) is 0 Å². The van der Waals surface area contributed by atoms with Crippen molar-refractivity contribution in [2.24, 2.45) is 5.92 Å². The molecule has 0 spiro atoms. The summed E-state index contributed by atoms with van der Waals surface area (Å²) in [5, 5.41) is 3.91. The molecule has 0 saturated heterocycles. The van der Waals surface area contributed by atoms with E-state index >= 15 is 0 Å². The Kier molecular flexibility index (Phi) is 4.70. The van der Waals surface area contributed by atoms with Crippen molar-refractivity contribution in [3.8, 4) is 5.75 Å². The van der Waals surface area contributed by atoms with Crippen LogP contribution in [0.1, 0.15) is 51.2 Å². The molecule has 1 N–H and O–H groups in total. The van der Waals surface area contributed by atoms with Crippen LogP contribution in [0, 0.1) is 12.8 Å². The maximum atomic E-state index is 5.30. The number of fused-ring (bicyclic) bond motifs is 2. The maximum Gasteiger partial charge on any atom is 0.118 e. The van der Waals surface area contributed by atoms with E-state index in [0.29, 0.717) is 12.0 Å². The Morgan fingerprint density at radius 2 is 1.81 bits per heavy atom. The second-order valence-electron chi connectivity index (χ2n) is 9.10. The van der Waals surface area contributed by atoms with Crippen molar-refractivity contribution >= 4 is 17.4 Å². The fourth-order valence-corrected chi connectivity index (χ4v) is 6.45. The first-order valence-corrected chi connectivity index (χ1v) is 10.8. The number of anilines is 1. The molecule has 2 nitrogen and oxygen atoms in total. The molecule has 3 heteroatoms. The molecule has 0 aromatic heterocycles. The number of thioether (sulfide) groups is 1. The third-order valence-electron chi connectivity index (χ3n) is 6.68. The van der Waals surface area contributed by atoms with Crippen molar-refractivity contribution in [1.82, 2.24) is 0 Å². The topological polar surface area (TPSA) is 21.3 Å². The molecule has 0 unspecified atom stereocenters. The van der Waals surface area contributed by atoms with Gasteiger partial charge in [0.25, 0.3) is 0 Å². The van der Waals surface area contributed by atoms with Gasteiger partial charge < -0.3 is 10.1 Å². The molecular weight excluding hydrogens is 350 g/mol. The summed E-state index contributed by atoms with van der Waals surface area (Å²) in [6.45, 7) is 9.54. The first-order chi connectivity index (χ1) is 12.8. The summed E-state index contributed by atoms with van der Waals surface area (Å²) in [6, 6.07) is 16.0. The molecule has 3 atom stereocenters. The van der Waals surface area contributed by atoms with Gasteiger partial charge in [0.2, 0.25) is 0 Å². The van der Waals surface area contributed by atoms with Crippen molar-refractivity contribution in [2.75, 3.05) is 12.4 Å². The lowest BCUT2D eigenvalue weighted by Gasteiger charge is -2.52. The Hall–Kier alpha value is -1.61. The largest absolute Gasteiger partial charge is 0.497 e. The monoisotopic (exact) mass is 381 g/mol. The van der Waals surface area contributed by atoms with E-state index in [4.69, 9.17) is 4.74 Å². The molecule has 1 heterocycles. The van der Waals surface area contributed by atoms with E-state index in [2.05, 4.69) is 75.5 Å². The van der Waals surface area contributed by atoms with Crippen LogP contribution in [0.3, 0.4) is 0 Å². The predicted octanol–water partition coefficient (Wildman–Crippen LogP) is 6.43. The van der Waals surface area contributed by atoms with Crippen LogP contribution in [-0.2, 0) is 5.41 Å². The minimum Gasteiger partial charge on any atom is -0.497 e. The Labute approximate surface area is 168 Å². The molecule has 1 aliphatic heterocycles. The highest BCUT2D eigenvalue weighted by atomic mass is 32.2. The van der Waals surface area contributed by atoms with E-state index in [-0.39, 0.29) is 10.2 Å². The van der Waals surface area contributed by atoms with Gasteiger partial charge in [0.05, 0.1) is 7.11 Å². The highest BCUT2D eigenvalue weighted by Crippen LogP contribution is 2.53. The van der Waals surface area contributed by atoms with Crippen LogP contribution in [-0.4, -0.2) is 17.9 Å². The van der Waals surface area contributed by atoms with Gasteiger partial charge in [0, 0.05) is 21.4 Å². The second kappa shape index (κ2) is 6.77.